The van der Waals surface area contributed by atoms with E-state index in [4.69, 9.17) is 10.7 Å². The summed E-state index contributed by atoms with van der Waals surface area (Å²) in [5.74, 6) is 0.630. The Morgan fingerprint density at radius 1 is 1.33 bits per heavy atom. The monoisotopic (exact) mass is 258 g/mol. The minimum atomic E-state index is 0.428. The van der Waals surface area contributed by atoms with Crippen LogP contribution in [0.2, 0.25) is 0 Å². The summed E-state index contributed by atoms with van der Waals surface area (Å²) < 4.78 is 0. The van der Waals surface area contributed by atoms with E-state index in [1.807, 2.05) is 6.07 Å². The van der Waals surface area contributed by atoms with E-state index in [9.17, 15) is 0 Å². The maximum absolute atomic E-state index is 5.86. The van der Waals surface area contributed by atoms with Crippen molar-refractivity contribution in [1.29, 1.82) is 0 Å². The summed E-state index contributed by atoms with van der Waals surface area (Å²) in [6.07, 6.45) is 1.25. The van der Waals surface area contributed by atoms with Crippen molar-refractivity contribution < 1.29 is 0 Å². The zero-order chi connectivity index (χ0) is 12.8. The smallest absolute Gasteiger partial charge is 0.0972 e. The third kappa shape index (κ3) is 1.98. The molecule has 0 radical (unpaired) electrons. The van der Waals surface area contributed by atoms with Gasteiger partial charge in [0.15, 0.2) is 0 Å². The van der Waals surface area contributed by atoms with Crippen molar-refractivity contribution in [2.75, 3.05) is 0 Å². The largest absolute Gasteiger partial charge is 0.326 e. The van der Waals surface area contributed by atoms with Crippen molar-refractivity contribution in [3.8, 4) is 11.3 Å². The predicted octanol–water partition coefficient (Wildman–Crippen LogP) is 3.78. The summed E-state index contributed by atoms with van der Waals surface area (Å²) >= 11 is 1.79. The SMILES string of the molecule is CC1(C)CC1c1nc(-c2ccccc2)c(CN)s1. The van der Waals surface area contributed by atoms with E-state index in [1.165, 1.54) is 21.9 Å². The summed E-state index contributed by atoms with van der Waals surface area (Å²) in [4.78, 5) is 6.05. The van der Waals surface area contributed by atoms with Crippen LogP contribution in [-0.4, -0.2) is 4.98 Å². The van der Waals surface area contributed by atoms with Crippen LogP contribution in [0.25, 0.3) is 11.3 Å². The van der Waals surface area contributed by atoms with E-state index in [0.29, 0.717) is 17.9 Å². The third-order valence-electron chi connectivity index (χ3n) is 3.76. The Morgan fingerprint density at radius 2 is 2.00 bits per heavy atom. The number of aromatic nitrogens is 1. The number of rotatable bonds is 3. The topological polar surface area (TPSA) is 38.9 Å². The van der Waals surface area contributed by atoms with Gasteiger partial charge < -0.3 is 5.73 Å². The van der Waals surface area contributed by atoms with Gasteiger partial charge in [0, 0.05) is 22.9 Å². The molecule has 1 heterocycles. The van der Waals surface area contributed by atoms with Crippen molar-refractivity contribution in [3.63, 3.8) is 0 Å². The van der Waals surface area contributed by atoms with Gasteiger partial charge >= 0.3 is 0 Å². The number of benzene rings is 1. The molecule has 1 atom stereocenters. The highest BCUT2D eigenvalue weighted by atomic mass is 32.1. The second kappa shape index (κ2) is 4.18. The van der Waals surface area contributed by atoms with Crippen molar-refractivity contribution in [2.24, 2.45) is 11.1 Å². The number of nitrogens with zero attached hydrogens (tertiary/aromatic N) is 1. The summed E-state index contributed by atoms with van der Waals surface area (Å²) in [6, 6.07) is 10.3. The summed E-state index contributed by atoms with van der Waals surface area (Å²) in [5.41, 5.74) is 8.55. The van der Waals surface area contributed by atoms with Gasteiger partial charge in [-0.05, 0) is 11.8 Å². The van der Waals surface area contributed by atoms with Crippen LogP contribution in [0.15, 0.2) is 30.3 Å². The second-order valence-corrected chi connectivity index (χ2v) is 6.75. The first kappa shape index (κ1) is 11.9. The molecule has 2 N–H and O–H groups in total. The molecule has 1 saturated carbocycles. The Bertz CT molecular complexity index is 557. The minimum Gasteiger partial charge on any atom is -0.326 e. The average molecular weight is 258 g/mol. The van der Waals surface area contributed by atoms with Crippen LogP contribution in [0.5, 0.6) is 0 Å². The van der Waals surface area contributed by atoms with Crippen LogP contribution in [0.3, 0.4) is 0 Å². The highest BCUT2D eigenvalue weighted by molar-refractivity contribution is 7.12. The van der Waals surface area contributed by atoms with Gasteiger partial charge in [-0.1, -0.05) is 44.2 Å². The summed E-state index contributed by atoms with van der Waals surface area (Å²) in [7, 11) is 0. The van der Waals surface area contributed by atoms with Crippen LogP contribution in [0, 0.1) is 5.41 Å². The molecule has 2 nitrogen and oxygen atoms in total. The molecule has 0 spiro atoms. The van der Waals surface area contributed by atoms with E-state index in [0.717, 1.165) is 5.69 Å². The molecule has 0 saturated heterocycles. The first-order valence-electron chi connectivity index (χ1n) is 6.37. The Balaban J connectivity index is 2.00. The lowest BCUT2D eigenvalue weighted by Gasteiger charge is -1.99. The molecule has 0 amide bonds. The van der Waals surface area contributed by atoms with Gasteiger partial charge in [-0.2, -0.15) is 0 Å². The average Bonchev–Trinajstić information content (AvgIpc) is 2.85. The molecule has 94 valence electrons. The quantitative estimate of drug-likeness (QED) is 0.910. The van der Waals surface area contributed by atoms with E-state index in [2.05, 4.69) is 38.1 Å². The molecule has 1 aliphatic carbocycles. The minimum absolute atomic E-state index is 0.428. The molecule has 1 aromatic carbocycles. The lowest BCUT2D eigenvalue weighted by Crippen LogP contribution is -1.95. The molecule has 3 heteroatoms. The number of hydrogen-bond donors (Lipinski definition) is 1. The molecule has 1 fully saturated rings. The van der Waals surface area contributed by atoms with Crippen LogP contribution < -0.4 is 5.73 Å². The van der Waals surface area contributed by atoms with Gasteiger partial charge in [0.25, 0.3) is 0 Å². The summed E-state index contributed by atoms with van der Waals surface area (Å²) in [5, 5.41) is 1.26. The molecule has 1 unspecified atom stereocenters. The van der Waals surface area contributed by atoms with Gasteiger partial charge in [0.2, 0.25) is 0 Å². The zero-order valence-corrected chi connectivity index (χ0v) is 11.6. The van der Waals surface area contributed by atoms with Crippen molar-refractivity contribution in [2.45, 2.75) is 32.7 Å². The molecular weight excluding hydrogens is 240 g/mol. The van der Waals surface area contributed by atoms with Gasteiger partial charge in [-0.15, -0.1) is 11.3 Å². The van der Waals surface area contributed by atoms with E-state index in [1.54, 1.807) is 11.3 Å². The van der Waals surface area contributed by atoms with E-state index in [-0.39, 0.29) is 0 Å². The molecule has 1 aliphatic rings. The fraction of sp³-hybridized carbons (Fsp3) is 0.400. The number of nitrogens with two attached hydrogens (primary N) is 1. The summed E-state index contributed by atoms with van der Waals surface area (Å²) in [6.45, 7) is 5.20. The molecule has 0 bridgehead atoms. The lowest BCUT2D eigenvalue weighted by atomic mass is 10.1. The second-order valence-electron chi connectivity index (χ2n) is 5.64. The fourth-order valence-electron chi connectivity index (χ4n) is 2.37. The number of thiazole rings is 1. The molecule has 1 aromatic heterocycles. The van der Waals surface area contributed by atoms with Gasteiger partial charge in [-0.3, -0.25) is 0 Å². The van der Waals surface area contributed by atoms with Crippen LogP contribution >= 0.6 is 11.3 Å². The number of hydrogen-bond acceptors (Lipinski definition) is 3. The Hall–Kier alpha value is -1.19. The fourth-order valence-corrected chi connectivity index (χ4v) is 3.65. The zero-order valence-electron chi connectivity index (χ0n) is 10.8. The Kier molecular flexibility index (Phi) is 2.76. The van der Waals surface area contributed by atoms with Crippen LogP contribution in [0.4, 0.5) is 0 Å². The standard InChI is InChI=1S/C15H18N2S/c1-15(2)8-11(15)14-17-13(12(9-16)18-14)10-6-4-3-5-7-10/h3-7,11H,8-9,16H2,1-2H3. The molecule has 18 heavy (non-hydrogen) atoms. The van der Waals surface area contributed by atoms with E-state index < -0.39 is 0 Å². The Morgan fingerprint density at radius 3 is 2.56 bits per heavy atom. The molecule has 0 aliphatic heterocycles. The van der Waals surface area contributed by atoms with Crippen molar-refractivity contribution in [3.05, 3.63) is 40.2 Å². The molecule has 2 aromatic rings. The first-order chi connectivity index (χ1) is 8.62. The molecule has 3 rings (SSSR count). The van der Waals surface area contributed by atoms with Gasteiger partial charge in [0.05, 0.1) is 10.7 Å². The maximum Gasteiger partial charge on any atom is 0.0972 e. The Labute approximate surface area is 112 Å². The highest BCUT2D eigenvalue weighted by Gasteiger charge is 2.48. The van der Waals surface area contributed by atoms with Gasteiger partial charge in [0.1, 0.15) is 0 Å². The predicted molar refractivity (Wildman–Crippen MR) is 76.6 cm³/mol. The lowest BCUT2D eigenvalue weighted by molar-refractivity contribution is 0.620. The normalized spacial score (nSPS) is 20.9. The van der Waals surface area contributed by atoms with Crippen LogP contribution in [0.1, 0.15) is 36.1 Å². The van der Waals surface area contributed by atoms with Crippen molar-refractivity contribution in [1.82, 2.24) is 4.98 Å². The first-order valence-corrected chi connectivity index (χ1v) is 7.18. The molecular formula is C15H18N2S. The third-order valence-corrected chi connectivity index (χ3v) is 4.95. The maximum atomic E-state index is 5.86. The van der Waals surface area contributed by atoms with Crippen molar-refractivity contribution >= 4 is 11.3 Å². The highest BCUT2D eigenvalue weighted by Crippen LogP contribution is 2.59. The van der Waals surface area contributed by atoms with Crippen LogP contribution in [-0.2, 0) is 6.54 Å². The van der Waals surface area contributed by atoms with E-state index >= 15 is 0 Å². The van der Waals surface area contributed by atoms with Gasteiger partial charge in [-0.25, -0.2) is 4.98 Å².